The van der Waals surface area contributed by atoms with Crippen LogP contribution < -0.4 is 9.62 Å². The van der Waals surface area contributed by atoms with E-state index in [1.54, 1.807) is 11.0 Å². The lowest BCUT2D eigenvalue weighted by Gasteiger charge is -2.32. The molecule has 0 heterocycles. The van der Waals surface area contributed by atoms with E-state index in [1.165, 1.54) is 10.6 Å². The molecular formula is C32H40BrN3O4S. The fourth-order valence-electron chi connectivity index (χ4n) is 4.57. The van der Waals surface area contributed by atoms with Gasteiger partial charge in [0.2, 0.25) is 21.8 Å². The zero-order valence-electron chi connectivity index (χ0n) is 24.2. The van der Waals surface area contributed by atoms with E-state index in [2.05, 4.69) is 21.2 Å². The molecule has 1 N–H and O–H groups in total. The average Bonchev–Trinajstić information content (AvgIpc) is 2.93. The van der Waals surface area contributed by atoms with E-state index in [1.807, 2.05) is 93.6 Å². The van der Waals surface area contributed by atoms with E-state index >= 15 is 0 Å². The van der Waals surface area contributed by atoms with Gasteiger partial charge in [-0.25, -0.2) is 8.42 Å². The normalized spacial score (nSPS) is 12.8. The van der Waals surface area contributed by atoms with Crippen molar-refractivity contribution in [1.82, 2.24) is 10.2 Å². The van der Waals surface area contributed by atoms with Crippen molar-refractivity contribution in [3.05, 3.63) is 100 Å². The maximum absolute atomic E-state index is 13.9. The van der Waals surface area contributed by atoms with E-state index in [-0.39, 0.29) is 37.4 Å². The Balaban J connectivity index is 1.89. The Labute approximate surface area is 253 Å². The maximum atomic E-state index is 13.9. The number of halogens is 1. The largest absolute Gasteiger partial charge is 0.352 e. The fourth-order valence-corrected chi connectivity index (χ4v) is 5.79. The average molecular weight is 643 g/mol. The molecule has 41 heavy (non-hydrogen) atoms. The third-order valence-corrected chi connectivity index (χ3v) is 8.70. The Kier molecular flexibility index (Phi) is 12.0. The van der Waals surface area contributed by atoms with Crippen molar-refractivity contribution in [2.24, 2.45) is 0 Å². The molecule has 2 amide bonds. The topological polar surface area (TPSA) is 86.8 Å². The molecule has 9 heteroatoms. The molecule has 7 nitrogen and oxygen atoms in total. The fraction of sp³-hybridized carbons (Fsp3) is 0.375. The molecule has 0 aromatic heterocycles. The van der Waals surface area contributed by atoms with Crippen LogP contribution in [0.2, 0.25) is 0 Å². The van der Waals surface area contributed by atoms with Crippen LogP contribution in [0.4, 0.5) is 5.69 Å². The minimum atomic E-state index is -3.55. The van der Waals surface area contributed by atoms with Crippen LogP contribution in [0.25, 0.3) is 0 Å². The van der Waals surface area contributed by atoms with Crippen LogP contribution in [0, 0.1) is 6.92 Å². The number of sulfonamides is 1. The minimum Gasteiger partial charge on any atom is -0.352 e. The first-order chi connectivity index (χ1) is 19.5. The summed E-state index contributed by atoms with van der Waals surface area (Å²) in [7, 11) is -3.55. The van der Waals surface area contributed by atoms with E-state index in [9.17, 15) is 18.0 Å². The number of hydrogen-bond donors (Lipinski definition) is 1. The van der Waals surface area contributed by atoms with Gasteiger partial charge in [0.15, 0.2) is 0 Å². The minimum absolute atomic E-state index is 0.0388. The Morgan fingerprint density at radius 2 is 1.63 bits per heavy atom. The zero-order chi connectivity index (χ0) is 30.0. The Bertz CT molecular complexity index is 1400. The molecule has 2 atom stereocenters. The second-order valence-corrected chi connectivity index (χ2v) is 13.3. The standard InChI is InChI=1S/C32H40BrN3O4S/c1-5-25(3)34-32(38)30(22-26-12-7-6-8-13-26)35(23-27-16-18-28(33)19-17-27)31(37)15-10-20-36(41(4,39)40)29-14-9-11-24(2)21-29/h6-9,11-14,16-19,21,25,30H,5,10,15,20,22-23H2,1-4H3,(H,34,38)/t25-,30-/m1/s1. The number of aryl methyl sites for hydroxylation is 1. The Hall–Kier alpha value is -3.17. The van der Waals surface area contributed by atoms with Crippen molar-refractivity contribution in [1.29, 1.82) is 0 Å². The molecule has 220 valence electrons. The van der Waals surface area contributed by atoms with Crippen molar-refractivity contribution in [2.45, 2.75) is 65.1 Å². The number of carbonyl (C=O) groups is 2. The smallest absolute Gasteiger partial charge is 0.243 e. The molecule has 3 aromatic rings. The number of rotatable bonds is 14. The number of hydrogen-bond acceptors (Lipinski definition) is 4. The Morgan fingerprint density at radius 1 is 0.951 bits per heavy atom. The van der Waals surface area contributed by atoms with Gasteiger partial charge in [-0.05, 0) is 67.6 Å². The number of amides is 2. The van der Waals surface area contributed by atoms with Crippen molar-refractivity contribution in [3.63, 3.8) is 0 Å². The number of benzene rings is 3. The zero-order valence-corrected chi connectivity index (χ0v) is 26.6. The summed E-state index contributed by atoms with van der Waals surface area (Å²) in [5.41, 5.74) is 3.37. The summed E-state index contributed by atoms with van der Waals surface area (Å²) < 4.78 is 27.5. The molecule has 0 unspecified atom stereocenters. The lowest BCUT2D eigenvalue weighted by atomic mass is 10.0. The first-order valence-corrected chi connectivity index (χ1v) is 16.5. The van der Waals surface area contributed by atoms with Gasteiger partial charge >= 0.3 is 0 Å². The number of nitrogens with one attached hydrogen (secondary N) is 1. The molecule has 0 spiro atoms. The van der Waals surface area contributed by atoms with E-state index in [0.29, 0.717) is 18.5 Å². The van der Waals surface area contributed by atoms with E-state index in [0.717, 1.165) is 27.6 Å². The summed E-state index contributed by atoms with van der Waals surface area (Å²) in [6, 6.07) is 23.9. The van der Waals surface area contributed by atoms with Gasteiger partial charge in [0.25, 0.3) is 0 Å². The summed E-state index contributed by atoms with van der Waals surface area (Å²) in [6.45, 7) is 6.27. The quantitative estimate of drug-likeness (QED) is 0.239. The van der Waals surface area contributed by atoms with E-state index < -0.39 is 16.1 Å². The molecule has 0 fully saturated rings. The first kappa shape index (κ1) is 32.3. The lowest BCUT2D eigenvalue weighted by Crippen LogP contribution is -2.52. The molecule has 0 aliphatic heterocycles. The summed E-state index contributed by atoms with van der Waals surface area (Å²) in [4.78, 5) is 29.2. The van der Waals surface area contributed by atoms with Gasteiger partial charge in [-0.15, -0.1) is 0 Å². The van der Waals surface area contributed by atoms with Crippen molar-refractivity contribution in [2.75, 3.05) is 17.1 Å². The predicted octanol–water partition coefficient (Wildman–Crippen LogP) is 5.86. The van der Waals surface area contributed by atoms with Gasteiger partial charge in [-0.2, -0.15) is 0 Å². The van der Waals surface area contributed by atoms with Crippen LogP contribution in [-0.2, 0) is 32.6 Å². The highest BCUT2D eigenvalue weighted by atomic mass is 79.9. The van der Waals surface area contributed by atoms with Gasteiger partial charge < -0.3 is 10.2 Å². The molecular weight excluding hydrogens is 602 g/mol. The molecule has 0 aliphatic rings. The highest BCUT2D eigenvalue weighted by molar-refractivity contribution is 9.10. The van der Waals surface area contributed by atoms with Gasteiger partial charge in [-0.3, -0.25) is 13.9 Å². The molecule has 0 bridgehead atoms. The third kappa shape index (κ3) is 10.0. The van der Waals surface area contributed by atoms with Crippen LogP contribution in [0.3, 0.4) is 0 Å². The molecule has 0 radical (unpaired) electrons. The number of anilines is 1. The Morgan fingerprint density at radius 3 is 2.24 bits per heavy atom. The SMILES string of the molecule is CC[C@@H](C)NC(=O)[C@@H](Cc1ccccc1)N(Cc1ccc(Br)cc1)C(=O)CCCN(c1cccc(C)c1)S(C)(=O)=O. The summed E-state index contributed by atoms with van der Waals surface area (Å²) in [6.07, 6.45) is 2.71. The molecule has 0 saturated carbocycles. The maximum Gasteiger partial charge on any atom is 0.243 e. The first-order valence-electron chi connectivity index (χ1n) is 13.9. The highest BCUT2D eigenvalue weighted by Gasteiger charge is 2.31. The van der Waals surface area contributed by atoms with Crippen LogP contribution in [0.5, 0.6) is 0 Å². The summed E-state index contributed by atoms with van der Waals surface area (Å²) in [5.74, 6) is -0.406. The molecule has 3 aromatic carbocycles. The number of carbonyl (C=O) groups excluding carboxylic acids is 2. The third-order valence-electron chi connectivity index (χ3n) is 6.98. The van der Waals surface area contributed by atoms with Crippen LogP contribution >= 0.6 is 15.9 Å². The van der Waals surface area contributed by atoms with Crippen LogP contribution in [0.1, 0.15) is 49.8 Å². The van der Waals surface area contributed by atoms with Crippen molar-refractivity contribution < 1.29 is 18.0 Å². The molecule has 0 aliphatic carbocycles. The van der Waals surface area contributed by atoms with Crippen molar-refractivity contribution in [3.8, 4) is 0 Å². The lowest BCUT2D eigenvalue weighted by molar-refractivity contribution is -0.141. The van der Waals surface area contributed by atoms with E-state index in [4.69, 9.17) is 0 Å². The number of nitrogens with zero attached hydrogens (tertiary/aromatic N) is 2. The second-order valence-electron chi connectivity index (χ2n) is 10.4. The van der Waals surface area contributed by atoms with Crippen LogP contribution in [0.15, 0.2) is 83.3 Å². The van der Waals surface area contributed by atoms with Gasteiger partial charge in [-0.1, -0.05) is 77.5 Å². The van der Waals surface area contributed by atoms with Crippen molar-refractivity contribution >= 4 is 43.5 Å². The monoisotopic (exact) mass is 641 g/mol. The van der Waals surface area contributed by atoms with Gasteiger partial charge in [0, 0.05) is 36.4 Å². The summed E-state index contributed by atoms with van der Waals surface area (Å²) in [5, 5.41) is 3.07. The molecule has 3 rings (SSSR count). The second kappa shape index (κ2) is 15.2. The van der Waals surface area contributed by atoms with Gasteiger partial charge in [0.05, 0.1) is 11.9 Å². The highest BCUT2D eigenvalue weighted by Crippen LogP contribution is 2.22. The molecule has 0 saturated heterocycles. The van der Waals surface area contributed by atoms with Crippen LogP contribution in [-0.4, -0.2) is 50.0 Å². The van der Waals surface area contributed by atoms with Gasteiger partial charge in [0.1, 0.15) is 6.04 Å². The summed E-state index contributed by atoms with van der Waals surface area (Å²) >= 11 is 3.46. The predicted molar refractivity (Wildman–Crippen MR) is 169 cm³/mol.